The summed E-state index contributed by atoms with van der Waals surface area (Å²) in [5, 5.41) is 13.2. The van der Waals surface area contributed by atoms with Crippen LogP contribution in [0.3, 0.4) is 0 Å². The highest BCUT2D eigenvalue weighted by Gasteiger charge is 2.02. The van der Waals surface area contributed by atoms with Crippen molar-refractivity contribution in [2.75, 3.05) is 6.54 Å². The minimum atomic E-state index is 0.392. The van der Waals surface area contributed by atoms with E-state index in [9.17, 15) is 5.11 Å². The lowest BCUT2D eigenvalue weighted by Crippen LogP contribution is -2.17. The summed E-state index contributed by atoms with van der Waals surface area (Å²) in [6.07, 6.45) is 2.70. The normalized spacial score (nSPS) is 10.5. The van der Waals surface area contributed by atoms with Crippen LogP contribution in [-0.4, -0.2) is 16.6 Å². The standard InChI is InChI=1S/C15H18N2O/c1-12-5-4-6-13(15(12)18)11-16-10-8-14-7-2-3-9-17-14/h2-7,9,16,18H,8,10-11H2,1H3. The van der Waals surface area contributed by atoms with E-state index in [1.165, 1.54) is 0 Å². The molecule has 2 rings (SSSR count). The van der Waals surface area contributed by atoms with Gasteiger partial charge < -0.3 is 10.4 Å². The topological polar surface area (TPSA) is 45.2 Å². The van der Waals surface area contributed by atoms with Gasteiger partial charge >= 0.3 is 0 Å². The van der Waals surface area contributed by atoms with Gasteiger partial charge in [0.25, 0.3) is 0 Å². The molecular weight excluding hydrogens is 224 g/mol. The average molecular weight is 242 g/mol. The maximum Gasteiger partial charge on any atom is 0.122 e. The monoisotopic (exact) mass is 242 g/mol. The van der Waals surface area contributed by atoms with Gasteiger partial charge in [0.1, 0.15) is 5.75 Å². The quantitative estimate of drug-likeness (QED) is 0.791. The molecule has 0 atom stereocenters. The zero-order valence-electron chi connectivity index (χ0n) is 10.6. The molecule has 0 radical (unpaired) electrons. The van der Waals surface area contributed by atoms with E-state index in [0.29, 0.717) is 12.3 Å². The Morgan fingerprint density at radius 3 is 2.83 bits per heavy atom. The first kappa shape index (κ1) is 12.6. The number of para-hydroxylation sites is 1. The molecule has 0 fully saturated rings. The van der Waals surface area contributed by atoms with Crippen LogP contribution in [0.4, 0.5) is 0 Å². The number of aromatic nitrogens is 1. The number of hydrogen-bond acceptors (Lipinski definition) is 3. The van der Waals surface area contributed by atoms with Crippen molar-refractivity contribution in [2.24, 2.45) is 0 Å². The van der Waals surface area contributed by atoms with Gasteiger partial charge in [-0.15, -0.1) is 0 Å². The third kappa shape index (κ3) is 3.31. The van der Waals surface area contributed by atoms with Gasteiger partial charge in [-0.25, -0.2) is 0 Å². The van der Waals surface area contributed by atoms with Crippen LogP contribution < -0.4 is 5.32 Å². The van der Waals surface area contributed by atoms with Crippen molar-refractivity contribution in [3.05, 3.63) is 59.4 Å². The van der Waals surface area contributed by atoms with Crippen molar-refractivity contribution in [3.63, 3.8) is 0 Å². The van der Waals surface area contributed by atoms with Crippen molar-refractivity contribution < 1.29 is 5.11 Å². The SMILES string of the molecule is Cc1cccc(CNCCc2ccccn2)c1O. The summed E-state index contributed by atoms with van der Waals surface area (Å²) < 4.78 is 0. The summed E-state index contributed by atoms with van der Waals surface area (Å²) >= 11 is 0. The van der Waals surface area contributed by atoms with Gasteiger partial charge in [-0.05, 0) is 24.6 Å². The van der Waals surface area contributed by atoms with Crippen LogP contribution in [0.25, 0.3) is 0 Å². The van der Waals surface area contributed by atoms with E-state index in [1.54, 1.807) is 0 Å². The molecule has 1 aromatic heterocycles. The first-order valence-electron chi connectivity index (χ1n) is 6.15. The molecule has 0 bridgehead atoms. The molecule has 0 aliphatic heterocycles. The van der Waals surface area contributed by atoms with Crippen LogP contribution in [0.2, 0.25) is 0 Å². The Bertz CT molecular complexity index is 497. The Hall–Kier alpha value is -1.87. The minimum absolute atomic E-state index is 0.392. The average Bonchev–Trinajstić information content (AvgIpc) is 2.40. The molecule has 0 saturated heterocycles. The smallest absolute Gasteiger partial charge is 0.122 e. The van der Waals surface area contributed by atoms with E-state index < -0.39 is 0 Å². The zero-order chi connectivity index (χ0) is 12.8. The van der Waals surface area contributed by atoms with Gasteiger partial charge in [-0.3, -0.25) is 4.98 Å². The molecule has 2 aromatic rings. The molecule has 0 unspecified atom stereocenters. The van der Waals surface area contributed by atoms with Gasteiger partial charge in [0, 0.05) is 37.0 Å². The molecule has 3 nitrogen and oxygen atoms in total. The van der Waals surface area contributed by atoms with Gasteiger partial charge in [0.05, 0.1) is 0 Å². The maximum absolute atomic E-state index is 9.86. The summed E-state index contributed by atoms with van der Waals surface area (Å²) in [7, 11) is 0. The second-order valence-corrected chi connectivity index (χ2v) is 4.33. The number of nitrogens with zero attached hydrogens (tertiary/aromatic N) is 1. The molecular formula is C15H18N2O. The van der Waals surface area contributed by atoms with Crippen LogP contribution in [0.5, 0.6) is 5.75 Å². The summed E-state index contributed by atoms with van der Waals surface area (Å²) in [5.41, 5.74) is 2.94. The number of phenols is 1. The molecule has 3 heteroatoms. The summed E-state index contributed by atoms with van der Waals surface area (Å²) in [6.45, 7) is 3.44. The first-order chi connectivity index (χ1) is 8.77. The molecule has 0 amide bonds. The largest absolute Gasteiger partial charge is 0.507 e. The van der Waals surface area contributed by atoms with Crippen LogP contribution in [0, 0.1) is 6.92 Å². The highest BCUT2D eigenvalue weighted by atomic mass is 16.3. The number of benzene rings is 1. The lowest BCUT2D eigenvalue weighted by molar-refractivity contribution is 0.460. The predicted octanol–water partition coefficient (Wildman–Crippen LogP) is 2.43. The van der Waals surface area contributed by atoms with Gasteiger partial charge in [-0.1, -0.05) is 24.3 Å². The van der Waals surface area contributed by atoms with E-state index >= 15 is 0 Å². The fraction of sp³-hybridized carbons (Fsp3) is 0.267. The number of aromatic hydroxyl groups is 1. The maximum atomic E-state index is 9.86. The zero-order valence-corrected chi connectivity index (χ0v) is 10.6. The Labute approximate surface area is 108 Å². The molecule has 18 heavy (non-hydrogen) atoms. The summed E-state index contributed by atoms with van der Waals surface area (Å²) in [4.78, 5) is 4.27. The lowest BCUT2D eigenvalue weighted by Gasteiger charge is -2.08. The minimum Gasteiger partial charge on any atom is -0.507 e. The molecule has 0 saturated carbocycles. The predicted molar refractivity (Wildman–Crippen MR) is 72.5 cm³/mol. The van der Waals surface area contributed by atoms with E-state index in [4.69, 9.17) is 0 Å². The molecule has 0 spiro atoms. The highest BCUT2D eigenvalue weighted by molar-refractivity contribution is 5.39. The lowest BCUT2D eigenvalue weighted by atomic mass is 10.1. The molecule has 0 aliphatic rings. The Morgan fingerprint density at radius 2 is 2.06 bits per heavy atom. The summed E-state index contributed by atoms with van der Waals surface area (Å²) in [5.74, 6) is 0.392. The Morgan fingerprint density at radius 1 is 1.17 bits per heavy atom. The van der Waals surface area contributed by atoms with E-state index in [-0.39, 0.29) is 0 Å². The number of pyridine rings is 1. The van der Waals surface area contributed by atoms with Crippen molar-refractivity contribution in [1.82, 2.24) is 10.3 Å². The second-order valence-electron chi connectivity index (χ2n) is 4.33. The van der Waals surface area contributed by atoms with Crippen molar-refractivity contribution in [3.8, 4) is 5.75 Å². The number of nitrogens with one attached hydrogen (secondary N) is 1. The van der Waals surface area contributed by atoms with E-state index in [1.807, 2.05) is 49.5 Å². The van der Waals surface area contributed by atoms with Crippen LogP contribution in [-0.2, 0) is 13.0 Å². The number of hydrogen-bond donors (Lipinski definition) is 2. The van der Waals surface area contributed by atoms with Crippen molar-refractivity contribution in [2.45, 2.75) is 19.9 Å². The number of rotatable bonds is 5. The van der Waals surface area contributed by atoms with Gasteiger partial charge in [0.2, 0.25) is 0 Å². The first-order valence-corrected chi connectivity index (χ1v) is 6.15. The molecule has 2 N–H and O–H groups in total. The fourth-order valence-corrected chi connectivity index (χ4v) is 1.85. The fourth-order valence-electron chi connectivity index (χ4n) is 1.85. The third-order valence-electron chi connectivity index (χ3n) is 2.92. The van der Waals surface area contributed by atoms with Crippen LogP contribution >= 0.6 is 0 Å². The number of phenolic OH excluding ortho intramolecular Hbond substituents is 1. The van der Waals surface area contributed by atoms with Gasteiger partial charge in [-0.2, -0.15) is 0 Å². The third-order valence-corrected chi connectivity index (χ3v) is 2.92. The van der Waals surface area contributed by atoms with Crippen LogP contribution in [0.1, 0.15) is 16.8 Å². The molecule has 1 heterocycles. The van der Waals surface area contributed by atoms with Crippen molar-refractivity contribution >= 4 is 0 Å². The van der Waals surface area contributed by atoms with E-state index in [2.05, 4.69) is 10.3 Å². The molecule has 1 aromatic carbocycles. The molecule has 94 valence electrons. The number of aryl methyl sites for hydroxylation is 1. The summed E-state index contributed by atoms with van der Waals surface area (Å²) in [6, 6.07) is 11.7. The highest BCUT2D eigenvalue weighted by Crippen LogP contribution is 2.20. The Balaban J connectivity index is 1.81. The second kappa shape index (κ2) is 6.17. The van der Waals surface area contributed by atoms with Gasteiger partial charge in [0.15, 0.2) is 0 Å². The molecule has 0 aliphatic carbocycles. The van der Waals surface area contributed by atoms with Crippen LogP contribution in [0.15, 0.2) is 42.6 Å². The van der Waals surface area contributed by atoms with Crippen molar-refractivity contribution in [1.29, 1.82) is 0 Å². The van der Waals surface area contributed by atoms with E-state index in [0.717, 1.165) is 29.8 Å². The Kier molecular flexibility index (Phi) is 4.31.